The minimum Gasteiger partial charge on any atom is -0.326 e. The van der Waals surface area contributed by atoms with Crippen molar-refractivity contribution in [3.63, 3.8) is 0 Å². The number of nitrogens with zero attached hydrogens (tertiary/aromatic N) is 3. The maximum Gasteiger partial charge on any atom is 0.234 e. The third-order valence-corrected chi connectivity index (χ3v) is 6.33. The molecule has 1 heterocycles. The number of anilines is 2. The molecule has 4 aromatic rings. The standard InChI is InChI=1S/C26H23N5O2S/c32-23(27-20-7-3-1-4-8-20)17-34-26-30-29-24(31(26)22-9-5-2-6-10-22)18-13-15-21(16-14-18)28-25(33)19-11-12-19/h1-10,13-16,19H,11-12,17H2,(H,27,32)(H,28,33). The van der Waals surface area contributed by atoms with Gasteiger partial charge in [0.2, 0.25) is 11.8 Å². The second-order valence-electron chi connectivity index (χ2n) is 8.02. The summed E-state index contributed by atoms with van der Waals surface area (Å²) in [5.41, 5.74) is 3.28. The van der Waals surface area contributed by atoms with Gasteiger partial charge in [-0.05, 0) is 61.4 Å². The van der Waals surface area contributed by atoms with Crippen LogP contribution in [0.2, 0.25) is 0 Å². The van der Waals surface area contributed by atoms with Gasteiger partial charge >= 0.3 is 0 Å². The lowest BCUT2D eigenvalue weighted by Crippen LogP contribution is -2.14. The summed E-state index contributed by atoms with van der Waals surface area (Å²) in [5.74, 6) is 0.979. The van der Waals surface area contributed by atoms with Gasteiger partial charge in [0, 0.05) is 28.5 Å². The van der Waals surface area contributed by atoms with E-state index in [0.29, 0.717) is 11.0 Å². The summed E-state index contributed by atoms with van der Waals surface area (Å²) in [6.07, 6.45) is 1.93. The van der Waals surface area contributed by atoms with E-state index in [1.54, 1.807) is 0 Å². The normalized spacial score (nSPS) is 12.8. The Balaban J connectivity index is 1.36. The lowest BCUT2D eigenvalue weighted by molar-refractivity contribution is -0.117. The Morgan fingerprint density at radius 2 is 1.47 bits per heavy atom. The van der Waals surface area contributed by atoms with E-state index in [9.17, 15) is 9.59 Å². The highest BCUT2D eigenvalue weighted by molar-refractivity contribution is 7.99. The van der Waals surface area contributed by atoms with E-state index in [4.69, 9.17) is 0 Å². The number of nitrogens with one attached hydrogen (secondary N) is 2. The van der Waals surface area contributed by atoms with Gasteiger partial charge in [0.1, 0.15) is 0 Å². The molecule has 0 unspecified atom stereocenters. The van der Waals surface area contributed by atoms with Crippen molar-refractivity contribution in [2.75, 3.05) is 16.4 Å². The number of aromatic nitrogens is 3. The lowest BCUT2D eigenvalue weighted by Gasteiger charge is -2.11. The Morgan fingerprint density at radius 1 is 0.824 bits per heavy atom. The van der Waals surface area contributed by atoms with E-state index in [1.807, 2.05) is 89.5 Å². The molecule has 5 rings (SSSR count). The molecule has 1 aliphatic carbocycles. The van der Waals surface area contributed by atoms with Crippen molar-refractivity contribution in [2.45, 2.75) is 18.0 Å². The van der Waals surface area contributed by atoms with Crippen LogP contribution in [0.15, 0.2) is 90.1 Å². The first-order chi connectivity index (χ1) is 16.7. The van der Waals surface area contributed by atoms with E-state index < -0.39 is 0 Å². The zero-order valence-corrected chi connectivity index (χ0v) is 19.2. The topological polar surface area (TPSA) is 88.9 Å². The molecule has 1 aliphatic rings. The Kier molecular flexibility index (Phi) is 6.40. The van der Waals surface area contributed by atoms with Crippen LogP contribution in [0.25, 0.3) is 17.1 Å². The van der Waals surface area contributed by atoms with Crippen molar-refractivity contribution in [1.82, 2.24) is 14.8 Å². The van der Waals surface area contributed by atoms with Crippen LogP contribution in [0, 0.1) is 5.92 Å². The number of carbonyl (C=O) groups is 2. The lowest BCUT2D eigenvalue weighted by atomic mass is 10.2. The number of hydrogen-bond donors (Lipinski definition) is 2. The van der Waals surface area contributed by atoms with Crippen LogP contribution >= 0.6 is 11.8 Å². The third kappa shape index (κ3) is 5.18. The smallest absolute Gasteiger partial charge is 0.234 e. The van der Waals surface area contributed by atoms with Crippen LogP contribution in [-0.2, 0) is 9.59 Å². The number of amides is 2. The van der Waals surface area contributed by atoms with Gasteiger partial charge < -0.3 is 10.6 Å². The second kappa shape index (κ2) is 9.93. The summed E-state index contributed by atoms with van der Waals surface area (Å²) in [5, 5.41) is 15.3. The van der Waals surface area contributed by atoms with E-state index >= 15 is 0 Å². The molecule has 0 atom stereocenters. The Hall–Kier alpha value is -3.91. The molecule has 1 saturated carbocycles. The minimum atomic E-state index is -0.115. The fourth-order valence-electron chi connectivity index (χ4n) is 3.50. The van der Waals surface area contributed by atoms with Crippen molar-refractivity contribution >= 4 is 35.0 Å². The summed E-state index contributed by atoms with van der Waals surface area (Å²) in [6.45, 7) is 0. The SMILES string of the molecule is O=C(CSc1nnc(-c2ccc(NC(=O)C3CC3)cc2)n1-c1ccccc1)Nc1ccccc1. The van der Waals surface area contributed by atoms with Crippen LogP contribution < -0.4 is 10.6 Å². The summed E-state index contributed by atoms with van der Waals surface area (Å²) in [6, 6.07) is 26.8. The second-order valence-corrected chi connectivity index (χ2v) is 8.96. The Morgan fingerprint density at radius 3 is 2.15 bits per heavy atom. The van der Waals surface area contributed by atoms with Crippen LogP contribution in [-0.4, -0.2) is 32.3 Å². The molecule has 0 saturated heterocycles. The van der Waals surface area contributed by atoms with Crippen LogP contribution in [0.3, 0.4) is 0 Å². The quantitative estimate of drug-likeness (QED) is 0.354. The van der Waals surface area contributed by atoms with Gasteiger partial charge in [-0.15, -0.1) is 10.2 Å². The highest BCUT2D eigenvalue weighted by Crippen LogP contribution is 2.31. The molecule has 1 aromatic heterocycles. The number of carbonyl (C=O) groups excluding carboxylic acids is 2. The Bertz CT molecular complexity index is 1290. The number of thioether (sulfide) groups is 1. The van der Waals surface area contributed by atoms with E-state index in [-0.39, 0.29) is 23.5 Å². The van der Waals surface area contributed by atoms with Crippen molar-refractivity contribution < 1.29 is 9.59 Å². The number of benzene rings is 3. The Labute approximate surface area is 201 Å². The first-order valence-electron chi connectivity index (χ1n) is 11.1. The van der Waals surface area contributed by atoms with Crippen molar-refractivity contribution in [3.8, 4) is 17.1 Å². The minimum absolute atomic E-state index is 0.0765. The van der Waals surface area contributed by atoms with Crippen molar-refractivity contribution in [1.29, 1.82) is 0 Å². The van der Waals surface area contributed by atoms with Crippen LogP contribution in [0.4, 0.5) is 11.4 Å². The molecule has 34 heavy (non-hydrogen) atoms. The van der Waals surface area contributed by atoms with Crippen molar-refractivity contribution in [3.05, 3.63) is 84.9 Å². The van der Waals surface area contributed by atoms with Gasteiger partial charge in [0.15, 0.2) is 11.0 Å². The van der Waals surface area contributed by atoms with Gasteiger partial charge in [0.25, 0.3) is 0 Å². The molecule has 2 amide bonds. The zero-order valence-electron chi connectivity index (χ0n) is 18.3. The molecule has 0 aliphatic heterocycles. The summed E-state index contributed by atoms with van der Waals surface area (Å²) in [4.78, 5) is 24.5. The number of para-hydroxylation sites is 2. The van der Waals surface area contributed by atoms with Crippen LogP contribution in [0.1, 0.15) is 12.8 Å². The summed E-state index contributed by atoms with van der Waals surface area (Å²) < 4.78 is 1.94. The molecule has 0 spiro atoms. The van der Waals surface area contributed by atoms with E-state index in [1.165, 1.54) is 11.8 Å². The molecule has 0 bridgehead atoms. The summed E-state index contributed by atoms with van der Waals surface area (Å²) >= 11 is 1.33. The van der Waals surface area contributed by atoms with Crippen molar-refractivity contribution in [2.24, 2.45) is 5.92 Å². The van der Waals surface area contributed by atoms with E-state index in [2.05, 4.69) is 20.8 Å². The maximum atomic E-state index is 12.5. The van der Waals surface area contributed by atoms with Gasteiger partial charge in [0.05, 0.1) is 5.75 Å². The monoisotopic (exact) mass is 469 g/mol. The van der Waals surface area contributed by atoms with E-state index in [0.717, 1.165) is 35.5 Å². The molecule has 8 heteroatoms. The largest absolute Gasteiger partial charge is 0.326 e. The van der Waals surface area contributed by atoms with Gasteiger partial charge in [-0.25, -0.2) is 0 Å². The van der Waals surface area contributed by atoms with Gasteiger partial charge in [-0.2, -0.15) is 0 Å². The number of rotatable bonds is 8. The number of hydrogen-bond acceptors (Lipinski definition) is 5. The molecular weight excluding hydrogens is 446 g/mol. The predicted molar refractivity (Wildman–Crippen MR) is 134 cm³/mol. The molecule has 2 N–H and O–H groups in total. The maximum absolute atomic E-state index is 12.5. The van der Waals surface area contributed by atoms with Gasteiger partial charge in [-0.1, -0.05) is 48.2 Å². The van der Waals surface area contributed by atoms with Crippen LogP contribution in [0.5, 0.6) is 0 Å². The first kappa shape index (κ1) is 21.9. The average Bonchev–Trinajstić information content (AvgIpc) is 3.64. The summed E-state index contributed by atoms with van der Waals surface area (Å²) in [7, 11) is 0. The molecule has 170 valence electrons. The fraction of sp³-hybridized carbons (Fsp3) is 0.154. The first-order valence-corrected chi connectivity index (χ1v) is 12.1. The van der Waals surface area contributed by atoms with Gasteiger partial charge in [-0.3, -0.25) is 14.2 Å². The molecule has 7 nitrogen and oxygen atoms in total. The molecule has 1 fully saturated rings. The highest BCUT2D eigenvalue weighted by atomic mass is 32.2. The zero-order chi connectivity index (χ0) is 23.3. The molecule has 3 aromatic carbocycles. The molecular formula is C26H23N5O2S. The average molecular weight is 470 g/mol. The molecule has 0 radical (unpaired) electrons. The fourth-order valence-corrected chi connectivity index (χ4v) is 4.25. The highest BCUT2D eigenvalue weighted by Gasteiger charge is 2.29. The third-order valence-electron chi connectivity index (χ3n) is 5.40. The predicted octanol–water partition coefficient (Wildman–Crippen LogP) is 5.01.